The van der Waals surface area contributed by atoms with E-state index in [0.717, 1.165) is 38.5 Å². The van der Waals surface area contributed by atoms with E-state index in [1.54, 1.807) is 0 Å². The van der Waals surface area contributed by atoms with Crippen molar-refractivity contribution in [3.63, 3.8) is 0 Å². The molecular weight excluding hydrogens is 854 g/mol. The first-order chi connectivity index (χ1) is 32.1. The van der Waals surface area contributed by atoms with Crippen LogP contribution in [0.25, 0.3) is 0 Å². The van der Waals surface area contributed by atoms with E-state index < -0.39 is 57.6 Å². The van der Waals surface area contributed by atoms with Crippen LogP contribution in [-0.4, -0.2) is 64.9 Å². The van der Waals surface area contributed by atoms with Gasteiger partial charge in [-0.3, -0.25) is 18.6 Å². The number of phosphoric acid groups is 1. The Kier molecular flexibility index (Phi) is 47.9. The highest BCUT2D eigenvalue weighted by Crippen LogP contribution is 2.43. The average Bonchev–Trinajstić information content (AvgIpc) is 3.29. The van der Waals surface area contributed by atoms with Crippen LogP contribution in [0.1, 0.15) is 271 Å². The summed E-state index contributed by atoms with van der Waals surface area (Å²) < 4.78 is 27.0. The third-order valence-electron chi connectivity index (χ3n) is 12.2. The van der Waals surface area contributed by atoms with Gasteiger partial charge in [0.05, 0.1) is 13.2 Å². The van der Waals surface area contributed by atoms with Crippen molar-refractivity contribution in [1.82, 2.24) is 5.32 Å². The lowest BCUT2D eigenvalue weighted by molar-refractivity contribution is -0.147. The molecule has 0 aromatic carbocycles. The molecule has 3 unspecified atom stereocenters. The van der Waals surface area contributed by atoms with Crippen molar-refractivity contribution < 1.29 is 47.8 Å². The maximum Gasteiger partial charge on any atom is 0.472 e. The van der Waals surface area contributed by atoms with E-state index in [1.807, 2.05) is 0 Å². The molecule has 0 rings (SSSR count). The summed E-state index contributed by atoms with van der Waals surface area (Å²) in [4.78, 5) is 46.2. The molecule has 0 aliphatic carbocycles. The quantitative estimate of drug-likeness (QED) is 0.0199. The Morgan fingerprint density at radius 1 is 0.470 bits per heavy atom. The molecule has 0 aromatic rings. The number of unbranched alkanes of at least 4 members (excludes halogenated alkanes) is 34. The number of carbonyl (C=O) groups is 3. The Balaban J connectivity index is 3.78. The molecule has 3 atom stereocenters. The Morgan fingerprint density at radius 2 is 0.788 bits per heavy atom. The van der Waals surface area contributed by atoms with Gasteiger partial charge in [-0.05, 0) is 64.2 Å². The normalized spacial score (nSPS) is 13.6. The average molecular weight is 956 g/mol. The van der Waals surface area contributed by atoms with Gasteiger partial charge in [0.25, 0.3) is 0 Å². The molecule has 0 bridgehead atoms. The van der Waals surface area contributed by atoms with Gasteiger partial charge in [0.1, 0.15) is 12.7 Å². The zero-order chi connectivity index (χ0) is 48.4. The van der Waals surface area contributed by atoms with Gasteiger partial charge in [0, 0.05) is 12.8 Å². The lowest BCUT2D eigenvalue weighted by atomic mass is 10.0. The van der Waals surface area contributed by atoms with Crippen LogP contribution in [0.4, 0.5) is 0 Å². The third kappa shape index (κ3) is 48.4. The number of rotatable bonds is 52. The summed E-state index contributed by atoms with van der Waals surface area (Å²) in [5.41, 5.74) is 0. The molecule has 0 saturated carbocycles. The number of esters is 1. The number of phosphoric ester groups is 1. The SMILES string of the molecule is CCCCCCCC/C=C/CCCCCCCCCCCCCCCC(=O)NC(COP(=O)(O)OCC(O)COC(=O)CCCCCCCCCCC/C=C/CCCCCCCC)C(=O)O. The number of ether oxygens (including phenoxy) is 1. The van der Waals surface area contributed by atoms with Gasteiger partial charge in [-0.1, -0.05) is 218 Å². The van der Waals surface area contributed by atoms with Crippen LogP contribution in [0.2, 0.25) is 0 Å². The summed E-state index contributed by atoms with van der Waals surface area (Å²) in [6.45, 7) is 2.64. The molecule has 0 saturated heterocycles. The molecule has 11 nitrogen and oxygen atoms in total. The number of carbonyl (C=O) groups excluding carboxylic acids is 2. The smallest absolute Gasteiger partial charge is 0.472 e. The molecule has 0 aliphatic rings. The van der Waals surface area contributed by atoms with Crippen LogP contribution in [0.15, 0.2) is 24.3 Å². The van der Waals surface area contributed by atoms with Crippen LogP contribution in [0, 0.1) is 0 Å². The summed E-state index contributed by atoms with van der Waals surface area (Å²) in [6.07, 6.45) is 54.9. The van der Waals surface area contributed by atoms with Crippen LogP contribution < -0.4 is 5.32 Å². The second kappa shape index (κ2) is 49.4. The van der Waals surface area contributed by atoms with Crippen molar-refractivity contribution in [2.75, 3.05) is 19.8 Å². The Bertz CT molecular complexity index is 1210. The topological polar surface area (TPSA) is 169 Å². The van der Waals surface area contributed by atoms with E-state index >= 15 is 0 Å². The van der Waals surface area contributed by atoms with Crippen LogP contribution in [-0.2, 0) is 32.7 Å². The lowest BCUT2D eigenvalue weighted by Crippen LogP contribution is -2.43. The molecule has 0 radical (unpaired) electrons. The van der Waals surface area contributed by atoms with Gasteiger partial charge in [-0.25, -0.2) is 9.36 Å². The number of carboxylic acids is 1. The van der Waals surface area contributed by atoms with Crippen molar-refractivity contribution in [3.05, 3.63) is 24.3 Å². The van der Waals surface area contributed by atoms with E-state index in [1.165, 1.54) is 193 Å². The van der Waals surface area contributed by atoms with Crippen molar-refractivity contribution in [2.24, 2.45) is 0 Å². The number of nitrogens with one attached hydrogen (secondary N) is 1. The number of amides is 1. The van der Waals surface area contributed by atoms with E-state index in [9.17, 15) is 34.1 Å². The van der Waals surface area contributed by atoms with Crippen molar-refractivity contribution >= 4 is 25.7 Å². The number of allylic oxidation sites excluding steroid dienone is 4. The summed E-state index contributed by atoms with van der Waals surface area (Å²) in [5.74, 6) is -2.36. The van der Waals surface area contributed by atoms with E-state index in [0.29, 0.717) is 12.8 Å². The molecule has 1 amide bonds. The molecule has 0 heterocycles. The molecule has 0 spiro atoms. The molecule has 0 fully saturated rings. The van der Waals surface area contributed by atoms with Gasteiger partial charge >= 0.3 is 19.8 Å². The number of carboxylic acid groups (broad SMARTS) is 1. The molecule has 388 valence electrons. The standard InChI is InChI=1S/C54H102NO10P/c1-3-5-7-9-11-13-15-17-19-21-23-24-25-26-28-29-31-33-35-37-39-41-43-45-52(57)55-51(54(59)60)49-65-66(61,62)64-48-50(56)47-63-53(58)46-44-42-40-38-36-34-32-30-27-22-20-18-16-14-12-10-8-6-4-2/h17-20,50-51,56H,3-16,21-49H2,1-2H3,(H,55,57)(H,59,60)(H,61,62)/b19-17+,20-18+. The zero-order valence-electron chi connectivity index (χ0n) is 42.5. The summed E-state index contributed by atoms with van der Waals surface area (Å²) in [7, 11) is -4.76. The molecule has 4 N–H and O–H groups in total. The maximum absolute atomic E-state index is 12.4. The molecule has 12 heteroatoms. The second-order valence-corrected chi connectivity index (χ2v) is 20.2. The number of aliphatic hydroxyl groups excluding tert-OH is 1. The van der Waals surface area contributed by atoms with Crippen LogP contribution in [0.3, 0.4) is 0 Å². The minimum absolute atomic E-state index is 0.148. The third-order valence-corrected chi connectivity index (χ3v) is 13.2. The minimum Gasteiger partial charge on any atom is -0.480 e. The Hall–Kier alpha value is -2.04. The highest BCUT2D eigenvalue weighted by atomic mass is 31.2. The fraction of sp³-hybridized carbons (Fsp3) is 0.870. The number of hydrogen-bond donors (Lipinski definition) is 4. The fourth-order valence-corrected chi connectivity index (χ4v) is 8.73. The Labute approximate surface area is 404 Å². The number of hydrogen-bond acceptors (Lipinski definition) is 8. The van der Waals surface area contributed by atoms with E-state index in [2.05, 4.69) is 43.5 Å². The van der Waals surface area contributed by atoms with Crippen LogP contribution in [0.5, 0.6) is 0 Å². The van der Waals surface area contributed by atoms with Gasteiger partial charge in [-0.15, -0.1) is 0 Å². The molecule has 0 aliphatic heterocycles. The number of aliphatic hydroxyl groups is 1. The van der Waals surface area contributed by atoms with Crippen molar-refractivity contribution in [3.8, 4) is 0 Å². The predicted molar refractivity (Wildman–Crippen MR) is 273 cm³/mol. The predicted octanol–water partition coefficient (Wildman–Crippen LogP) is 15.3. The highest BCUT2D eigenvalue weighted by molar-refractivity contribution is 7.47. The van der Waals surface area contributed by atoms with Gasteiger partial charge in [-0.2, -0.15) is 0 Å². The first-order valence-corrected chi connectivity index (χ1v) is 28.9. The first kappa shape index (κ1) is 64.0. The molecule has 0 aromatic heterocycles. The largest absolute Gasteiger partial charge is 0.480 e. The lowest BCUT2D eigenvalue weighted by Gasteiger charge is -2.18. The maximum atomic E-state index is 12.4. The second-order valence-electron chi connectivity index (χ2n) is 18.8. The summed E-state index contributed by atoms with van der Waals surface area (Å²) >= 11 is 0. The highest BCUT2D eigenvalue weighted by Gasteiger charge is 2.28. The monoisotopic (exact) mass is 956 g/mol. The molecular formula is C54H102NO10P. The summed E-state index contributed by atoms with van der Waals surface area (Å²) in [5, 5.41) is 22.0. The van der Waals surface area contributed by atoms with Crippen molar-refractivity contribution in [1.29, 1.82) is 0 Å². The summed E-state index contributed by atoms with van der Waals surface area (Å²) in [6, 6.07) is -1.55. The van der Waals surface area contributed by atoms with Crippen LogP contribution >= 0.6 is 7.82 Å². The van der Waals surface area contributed by atoms with Crippen molar-refractivity contribution in [2.45, 2.75) is 283 Å². The van der Waals surface area contributed by atoms with Gasteiger partial charge in [0.15, 0.2) is 6.04 Å². The fourth-order valence-electron chi connectivity index (χ4n) is 7.95. The van der Waals surface area contributed by atoms with Gasteiger partial charge in [0.2, 0.25) is 5.91 Å². The molecule has 66 heavy (non-hydrogen) atoms. The minimum atomic E-state index is -4.76. The van der Waals surface area contributed by atoms with E-state index in [-0.39, 0.29) is 12.8 Å². The van der Waals surface area contributed by atoms with Gasteiger partial charge < -0.3 is 25.2 Å². The Morgan fingerprint density at radius 3 is 1.15 bits per heavy atom. The number of aliphatic carboxylic acids is 1. The first-order valence-electron chi connectivity index (χ1n) is 27.4. The van der Waals surface area contributed by atoms with E-state index in [4.69, 9.17) is 13.8 Å². The zero-order valence-corrected chi connectivity index (χ0v) is 43.4.